The van der Waals surface area contributed by atoms with Crippen LogP contribution >= 0.6 is 23.1 Å². The Morgan fingerprint density at radius 2 is 2.32 bits per heavy atom. The topological polar surface area (TPSA) is 68.3 Å². The summed E-state index contributed by atoms with van der Waals surface area (Å²) in [6.45, 7) is 3.98. The number of nitrogens with zero attached hydrogens (tertiary/aromatic N) is 1. The van der Waals surface area contributed by atoms with Crippen LogP contribution < -0.4 is 5.32 Å². The number of thioether (sulfide) groups is 1. The van der Waals surface area contributed by atoms with Crippen molar-refractivity contribution in [2.24, 2.45) is 0 Å². The lowest BCUT2D eigenvalue weighted by molar-refractivity contribution is 0.0526. The van der Waals surface area contributed by atoms with Gasteiger partial charge in [-0.1, -0.05) is 0 Å². The molecule has 7 heteroatoms. The van der Waals surface area contributed by atoms with Gasteiger partial charge in [0.2, 0.25) is 5.01 Å². The van der Waals surface area contributed by atoms with Crippen LogP contribution in [0.3, 0.4) is 0 Å². The summed E-state index contributed by atoms with van der Waals surface area (Å²) in [6.07, 6.45) is 2.93. The lowest BCUT2D eigenvalue weighted by Gasteiger charge is -2.11. The molecule has 0 radical (unpaired) electrons. The maximum atomic E-state index is 11.9. The van der Waals surface area contributed by atoms with Gasteiger partial charge in [0.25, 0.3) is 5.91 Å². The van der Waals surface area contributed by atoms with Gasteiger partial charge in [-0.3, -0.25) is 4.79 Å². The number of rotatable bonds is 7. The number of hydrogen-bond donors (Lipinski definition) is 1. The molecule has 0 aliphatic rings. The van der Waals surface area contributed by atoms with Crippen LogP contribution in [0, 0.1) is 0 Å². The molecular weight excluding hydrogens is 284 g/mol. The van der Waals surface area contributed by atoms with Crippen molar-refractivity contribution < 1.29 is 14.3 Å². The molecule has 5 nitrogen and oxygen atoms in total. The third kappa shape index (κ3) is 5.20. The molecule has 1 aromatic rings. The van der Waals surface area contributed by atoms with Crippen LogP contribution in [0.15, 0.2) is 5.38 Å². The van der Waals surface area contributed by atoms with Crippen molar-refractivity contribution in [2.45, 2.75) is 26.3 Å². The van der Waals surface area contributed by atoms with Crippen molar-refractivity contribution >= 4 is 35.0 Å². The van der Waals surface area contributed by atoms with Gasteiger partial charge >= 0.3 is 5.97 Å². The Balaban J connectivity index is 2.56. The molecule has 19 heavy (non-hydrogen) atoms. The van der Waals surface area contributed by atoms with Crippen molar-refractivity contribution in [3.63, 3.8) is 0 Å². The van der Waals surface area contributed by atoms with Gasteiger partial charge in [0.1, 0.15) is 5.69 Å². The summed E-state index contributed by atoms with van der Waals surface area (Å²) >= 11 is 2.86. The fourth-order valence-corrected chi connectivity index (χ4v) is 2.61. The number of nitrogens with one attached hydrogen (secondary N) is 1. The van der Waals surface area contributed by atoms with E-state index in [4.69, 9.17) is 4.74 Å². The fourth-order valence-electron chi connectivity index (χ4n) is 1.33. The Kier molecular flexibility index (Phi) is 6.86. The predicted molar refractivity (Wildman–Crippen MR) is 78.0 cm³/mol. The summed E-state index contributed by atoms with van der Waals surface area (Å²) in [5.74, 6) is 0.259. The van der Waals surface area contributed by atoms with Gasteiger partial charge in [-0.2, -0.15) is 11.8 Å². The van der Waals surface area contributed by atoms with Crippen molar-refractivity contribution in [3.05, 3.63) is 16.1 Å². The summed E-state index contributed by atoms with van der Waals surface area (Å²) in [4.78, 5) is 27.3. The SMILES string of the molecule is CCOC(=O)c1nc(C(=O)NC(C)CCSC)cs1. The third-order valence-corrected chi connectivity index (χ3v) is 3.79. The molecule has 1 heterocycles. The molecule has 1 atom stereocenters. The highest BCUT2D eigenvalue weighted by Gasteiger charge is 2.17. The maximum Gasteiger partial charge on any atom is 0.367 e. The van der Waals surface area contributed by atoms with Crippen molar-refractivity contribution in [2.75, 3.05) is 18.6 Å². The number of hydrogen-bond acceptors (Lipinski definition) is 6. The normalized spacial score (nSPS) is 11.9. The number of carbonyl (C=O) groups is 2. The molecule has 1 amide bonds. The summed E-state index contributed by atoms with van der Waals surface area (Å²) in [5.41, 5.74) is 0.268. The number of thiazole rings is 1. The Morgan fingerprint density at radius 3 is 2.95 bits per heavy atom. The average Bonchev–Trinajstić information content (AvgIpc) is 2.86. The van der Waals surface area contributed by atoms with Gasteiger partial charge in [-0.05, 0) is 32.3 Å². The van der Waals surface area contributed by atoms with Gasteiger partial charge in [0, 0.05) is 11.4 Å². The summed E-state index contributed by atoms with van der Waals surface area (Å²) < 4.78 is 4.83. The van der Waals surface area contributed by atoms with Crippen LogP contribution in [0.5, 0.6) is 0 Å². The molecule has 0 aromatic carbocycles. The second kappa shape index (κ2) is 8.16. The molecule has 0 aliphatic heterocycles. The molecule has 0 aliphatic carbocycles. The van der Waals surface area contributed by atoms with Gasteiger partial charge in [-0.15, -0.1) is 11.3 Å². The molecular formula is C12H18N2O3S2. The van der Waals surface area contributed by atoms with Gasteiger partial charge in [0.15, 0.2) is 0 Å². The van der Waals surface area contributed by atoms with E-state index in [0.717, 1.165) is 23.5 Å². The number of carbonyl (C=O) groups excluding carboxylic acids is 2. The highest BCUT2D eigenvalue weighted by Crippen LogP contribution is 2.11. The highest BCUT2D eigenvalue weighted by atomic mass is 32.2. The number of aromatic nitrogens is 1. The molecule has 1 N–H and O–H groups in total. The smallest absolute Gasteiger partial charge is 0.367 e. The largest absolute Gasteiger partial charge is 0.461 e. The Bertz CT molecular complexity index is 434. The van der Waals surface area contributed by atoms with Gasteiger partial charge in [-0.25, -0.2) is 9.78 Å². The Morgan fingerprint density at radius 1 is 1.58 bits per heavy atom. The first-order valence-corrected chi connectivity index (χ1v) is 8.28. The second-order valence-corrected chi connectivity index (χ2v) is 5.76. The van der Waals surface area contributed by atoms with Crippen LogP contribution in [0.2, 0.25) is 0 Å². The molecule has 106 valence electrons. The van der Waals surface area contributed by atoms with Gasteiger partial charge < -0.3 is 10.1 Å². The first-order valence-electron chi connectivity index (χ1n) is 6.01. The second-order valence-electron chi connectivity index (χ2n) is 3.91. The first kappa shape index (κ1) is 16.0. The molecule has 0 saturated heterocycles. The van der Waals surface area contributed by atoms with E-state index in [0.29, 0.717) is 6.61 Å². The van der Waals surface area contributed by atoms with E-state index in [1.165, 1.54) is 0 Å². The van der Waals surface area contributed by atoms with Crippen LogP contribution in [0.4, 0.5) is 0 Å². The average molecular weight is 302 g/mol. The third-order valence-electron chi connectivity index (χ3n) is 2.32. The van der Waals surface area contributed by atoms with Crippen molar-refractivity contribution in [1.82, 2.24) is 10.3 Å². The van der Waals surface area contributed by atoms with Crippen LogP contribution in [0.25, 0.3) is 0 Å². The Hall–Kier alpha value is -1.08. The van der Waals surface area contributed by atoms with E-state index < -0.39 is 5.97 Å². The predicted octanol–water partition coefficient (Wildman–Crippen LogP) is 2.19. The number of amides is 1. The zero-order chi connectivity index (χ0) is 14.3. The lowest BCUT2D eigenvalue weighted by atomic mass is 10.2. The van der Waals surface area contributed by atoms with E-state index in [9.17, 15) is 9.59 Å². The number of esters is 1. The van der Waals surface area contributed by atoms with Crippen LogP contribution in [-0.2, 0) is 4.74 Å². The van der Waals surface area contributed by atoms with E-state index >= 15 is 0 Å². The molecule has 0 bridgehead atoms. The Labute approximate surface area is 121 Å². The van der Waals surface area contributed by atoms with Crippen LogP contribution in [0.1, 0.15) is 40.6 Å². The molecule has 1 aromatic heterocycles. The zero-order valence-corrected chi connectivity index (χ0v) is 12.9. The monoisotopic (exact) mass is 302 g/mol. The highest BCUT2D eigenvalue weighted by molar-refractivity contribution is 7.98. The van der Waals surface area contributed by atoms with Crippen molar-refractivity contribution in [3.8, 4) is 0 Å². The van der Waals surface area contributed by atoms with E-state index in [2.05, 4.69) is 10.3 Å². The number of ether oxygens (including phenoxy) is 1. The molecule has 1 unspecified atom stereocenters. The summed E-state index contributed by atoms with van der Waals surface area (Å²) in [5, 5.41) is 4.64. The molecule has 0 spiro atoms. The summed E-state index contributed by atoms with van der Waals surface area (Å²) in [6, 6.07) is 0.0905. The standard InChI is InChI=1S/C12H18N2O3S2/c1-4-17-12(16)11-14-9(7-19-11)10(15)13-8(2)5-6-18-3/h7-8H,4-6H2,1-3H3,(H,13,15). The minimum atomic E-state index is -0.484. The first-order chi connectivity index (χ1) is 9.08. The van der Waals surface area contributed by atoms with Gasteiger partial charge in [0.05, 0.1) is 6.61 Å². The fraction of sp³-hybridized carbons (Fsp3) is 0.583. The lowest BCUT2D eigenvalue weighted by Crippen LogP contribution is -2.33. The minimum absolute atomic E-state index is 0.0905. The maximum absolute atomic E-state index is 11.9. The zero-order valence-electron chi connectivity index (χ0n) is 11.3. The van der Waals surface area contributed by atoms with Crippen molar-refractivity contribution in [1.29, 1.82) is 0 Å². The molecule has 0 saturated carbocycles. The van der Waals surface area contributed by atoms with E-state index in [1.807, 2.05) is 13.2 Å². The van der Waals surface area contributed by atoms with E-state index in [1.54, 1.807) is 24.1 Å². The quantitative estimate of drug-likeness (QED) is 0.782. The molecule has 1 rings (SSSR count). The van der Waals surface area contributed by atoms with Crippen LogP contribution in [-0.4, -0.2) is 41.5 Å². The molecule has 0 fully saturated rings. The van der Waals surface area contributed by atoms with E-state index in [-0.39, 0.29) is 22.7 Å². The summed E-state index contributed by atoms with van der Waals surface area (Å²) in [7, 11) is 0. The minimum Gasteiger partial charge on any atom is -0.461 e.